The molecule has 1 aromatic carbocycles. The van der Waals surface area contributed by atoms with Gasteiger partial charge in [-0.3, -0.25) is 0 Å². The van der Waals surface area contributed by atoms with Crippen LogP contribution in [0.3, 0.4) is 0 Å². The lowest BCUT2D eigenvalue weighted by Gasteiger charge is -2.03. The Morgan fingerprint density at radius 2 is 2.00 bits per heavy atom. The van der Waals surface area contributed by atoms with Crippen LogP contribution in [-0.2, 0) is 12.8 Å². The van der Waals surface area contributed by atoms with Crippen molar-refractivity contribution in [3.05, 3.63) is 39.7 Å². The van der Waals surface area contributed by atoms with Gasteiger partial charge in [-0.05, 0) is 43.0 Å². The van der Waals surface area contributed by atoms with E-state index in [2.05, 4.69) is 0 Å². The maximum Gasteiger partial charge on any atom is 0.339 e. The highest BCUT2D eigenvalue weighted by atomic mass is 16.4. The van der Waals surface area contributed by atoms with Crippen LogP contribution in [0.15, 0.2) is 27.4 Å². The van der Waals surface area contributed by atoms with Crippen molar-refractivity contribution < 1.29 is 9.52 Å². The summed E-state index contributed by atoms with van der Waals surface area (Å²) in [5.74, 6) is 0.213. The van der Waals surface area contributed by atoms with Crippen LogP contribution >= 0.6 is 0 Å². The van der Waals surface area contributed by atoms with E-state index in [0.717, 1.165) is 35.8 Å². The molecular weight excluding hydrogens is 192 g/mol. The van der Waals surface area contributed by atoms with E-state index in [0.29, 0.717) is 5.58 Å². The van der Waals surface area contributed by atoms with Crippen molar-refractivity contribution in [3.8, 4) is 5.75 Å². The Kier molecular flexibility index (Phi) is 1.63. The van der Waals surface area contributed by atoms with Gasteiger partial charge in [-0.25, -0.2) is 4.79 Å². The van der Waals surface area contributed by atoms with Crippen molar-refractivity contribution in [3.63, 3.8) is 0 Å². The van der Waals surface area contributed by atoms with Crippen molar-refractivity contribution in [1.82, 2.24) is 0 Å². The maximum atomic E-state index is 11.6. The van der Waals surface area contributed by atoms with Crippen molar-refractivity contribution in [2.75, 3.05) is 0 Å². The number of phenols is 1. The SMILES string of the molecule is O=c1oc2ccc(O)cc2c2c1CCC2. The van der Waals surface area contributed by atoms with Gasteiger partial charge in [-0.2, -0.15) is 0 Å². The largest absolute Gasteiger partial charge is 0.508 e. The first-order valence-electron chi connectivity index (χ1n) is 5.03. The third-order valence-electron chi connectivity index (χ3n) is 2.96. The van der Waals surface area contributed by atoms with Gasteiger partial charge in [0.25, 0.3) is 0 Å². The molecule has 1 N–H and O–H groups in total. The Labute approximate surface area is 86.0 Å². The first-order chi connectivity index (χ1) is 7.25. The molecule has 0 spiro atoms. The number of rotatable bonds is 0. The van der Waals surface area contributed by atoms with E-state index >= 15 is 0 Å². The summed E-state index contributed by atoms with van der Waals surface area (Å²) in [5.41, 5.74) is 2.18. The second kappa shape index (κ2) is 2.86. The van der Waals surface area contributed by atoms with Crippen molar-refractivity contribution in [2.24, 2.45) is 0 Å². The molecule has 0 bridgehead atoms. The average molecular weight is 202 g/mol. The summed E-state index contributed by atoms with van der Waals surface area (Å²) in [7, 11) is 0. The molecule has 76 valence electrons. The lowest BCUT2D eigenvalue weighted by atomic mass is 10.1. The summed E-state index contributed by atoms with van der Waals surface area (Å²) < 4.78 is 5.19. The fourth-order valence-electron chi connectivity index (χ4n) is 2.27. The number of benzene rings is 1. The minimum Gasteiger partial charge on any atom is -0.508 e. The van der Waals surface area contributed by atoms with Gasteiger partial charge in [0, 0.05) is 10.9 Å². The highest BCUT2D eigenvalue weighted by molar-refractivity contribution is 5.83. The fourth-order valence-corrected chi connectivity index (χ4v) is 2.27. The lowest BCUT2D eigenvalue weighted by molar-refractivity contribution is 0.475. The Hall–Kier alpha value is -1.77. The van der Waals surface area contributed by atoms with Crippen LogP contribution in [-0.4, -0.2) is 5.11 Å². The highest BCUT2D eigenvalue weighted by Gasteiger charge is 2.19. The third-order valence-corrected chi connectivity index (χ3v) is 2.96. The Morgan fingerprint density at radius 1 is 1.20 bits per heavy atom. The van der Waals surface area contributed by atoms with E-state index in [9.17, 15) is 9.90 Å². The zero-order valence-electron chi connectivity index (χ0n) is 8.12. The van der Waals surface area contributed by atoms with Crippen molar-refractivity contribution >= 4 is 11.0 Å². The van der Waals surface area contributed by atoms with Gasteiger partial charge in [0.05, 0.1) is 0 Å². The average Bonchev–Trinajstić information content (AvgIpc) is 2.69. The monoisotopic (exact) mass is 202 g/mol. The number of aromatic hydroxyl groups is 1. The van der Waals surface area contributed by atoms with Gasteiger partial charge >= 0.3 is 5.63 Å². The number of aryl methyl sites for hydroxylation is 1. The molecule has 2 aromatic rings. The quantitative estimate of drug-likeness (QED) is 0.664. The summed E-state index contributed by atoms with van der Waals surface area (Å²) in [6.07, 6.45) is 2.69. The molecule has 0 saturated carbocycles. The van der Waals surface area contributed by atoms with Gasteiger partial charge < -0.3 is 9.52 Å². The van der Waals surface area contributed by atoms with Crippen LogP contribution in [0.4, 0.5) is 0 Å². The first-order valence-corrected chi connectivity index (χ1v) is 5.03. The van der Waals surface area contributed by atoms with Gasteiger partial charge in [0.1, 0.15) is 11.3 Å². The molecule has 3 heteroatoms. The molecule has 15 heavy (non-hydrogen) atoms. The van der Waals surface area contributed by atoms with Gasteiger partial charge in [-0.1, -0.05) is 0 Å². The third kappa shape index (κ3) is 1.16. The zero-order chi connectivity index (χ0) is 10.4. The predicted molar refractivity (Wildman–Crippen MR) is 56.2 cm³/mol. The van der Waals surface area contributed by atoms with E-state index in [4.69, 9.17) is 4.42 Å². The molecular formula is C12H10O3. The van der Waals surface area contributed by atoms with Crippen molar-refractivity contribution in [2.45, 2.75) is 19.3 Å². The van der Waals surface area contributed by atoms with Crippen LogP contribution in [0.2, 0.25) is 0 Å². The topological polar surface area (TPSA) is 50.4 Å². The molecule has 0 radical (unpaired) electrons. The second-order valence-electron chi connectivity index (χ2n) is 3.88. The van der Waals surface area contributed by atoms with E-state index < -0.39 is 0 Å². The molecule has 3 rings (SSSR count). The number of phenolic OH excluding ortho intramolecular Hbond substituents is 1. The van der Waals surface area contributed by atoms with Gasteiger partial charge in [-0.15, -0.1) is 0 Å². The van der Waals surface area contributed by atoms with Gasteiger partial charge in [0.2, 0.25) is 0 Å². The van der Waals surface area contributed by atoms with Crippen LogP contribution in [0.25, 0.3) is 11.0 Å². The molecule has 1 aliphatic carbocycles. The van der Waals surface area contributed by atoms with E-state index in [-0.39, 0.29) is 11.4 Å². The van der Waals surface area contributed by atoms with E-state index in [1.165, 1.54) is 6.07 Å². The second-order valence-corrected chi connectivity index (χ2v) is 3.88. The molecule has 0 unspecified atom stereocenters. The highest BCUT2D eigenvalue weighted by Crippen LogP contribution is 2.29. The van der Waals surface area contributed by atoms with E-state index in [1.807, 2.05) is 0 Å². The molecule has 0 saturated heterocycles. The summed E-state index contributed by atoms with van der Waals surface area (Å²) in [6.45, 7) is 0. The molecule has 1 aliphatic rings. The summed E-state index contributed by atoms with van der Waals surface area (Å²) in [5, 5.41) is 10.3. The maximum absolute atomic E-state index is 11.6. The smallest absolute Gasteiger partial charge is 0.339 e. The van der Waals surface area contributed by atoms with Crippen LogP contribution in [0, 0.1) is 0 Å². The van der Waals surface area contributed by atoms with Crippen LogP contribution in [0.5, 0.6) is 5.75 Å². The zero-order valence-corrected chi connectivity index (χ0v) is 8.12. The number of fused-ring (bicyclic) bond motifs is 3. The molecule has 0 aliphatic heterocycles. The summed E-state index contributed by atoms with van der Waals surface area (Å²) in [6, 6.07) is 4.85. The molecule has 1 aromatic heterocycles. The predicted octanol–water partition coefficient (Wildman–Crippen LogP) is 1.99. The lowest BCUT2D eigenvalue weighted by Crippen LogP contribution is -2.06. The Balaban J connectivity index is 2.49. The van der Waals surface area contributed by atoms with Gasteiger partial charge in [0.15, 0.2) is 0 Å². The Morgan fingerprint density at radius 3 is 2.87 bits per heavy atom. The summed E-state index contributed by atoms with van der Waals surface area (Å²) >= 11 is 0. The van der Waals surface area contributed by atoms with Crippen LogP contribution in [0.1, 0.15) is 17.5 Å². The minimum absolute atomic E-state index is 0.213. The van der Waals surface area contributed by atoms with Crippen molar-refractivity contribution in [1.29, 1.82) is 0 Å². The number of hydrogen-bond donors (Lipinski definition) is 1. The molecule has 3 nitrogen and oxygen atoms in total. The van der Waals surface area contributed by atoms with Crippen LogP contribution < -0.4 is 5.63 Å². The molecule has 0 fully saturated rings. The number of hydrogen-bond acceptors (Lipinski definition) is 3. The van der Waals surface area contributed by atoms with E-state index in [1.54, 1.807) is 12.1 Å². The molecule has 0 atom stereocenters. The molecule has 1 heterocycles. The molecule has 0 amide bonds. The normalized spacial score (nSPS) is 14.4. The standard InChI is InChI=1S/C12H10O3/c13-7-4-5-11-10(6-7)8-2-1-3-9(8)12(14)15-11/h4-6,13H,1-3H2. The Bertz CT molecular complexity index is 596. The minimum atomic E-state index is -0.222. The summed E-state index contributed by atoms with van der Waals surface area (Å²) in [4.78, 5) is 11.6. The fraction of sp³-hybridized carbons (Fsp3) is 0.250. The first kappa shape index (κ1) is 8.53.